The number of alkyl halides is 3. The van der Waals surface area contributed by atoms with Gasteiger partial charge in [0.2, 0.25) is 5.60 Å². The molecule has 2 atom stereocenters. The third-order valence-electron chi connectivity index (χ3n) is 6.93. The van der Waals surface area contributed by atoms with E-state index in [1.54, 1.807) is 65.4 Å². The molecule has 1 aliphatic heterocycles. The summed E-state index contributed by atoms with van der Waals surface area (Å²) in [5.74, 6) is 0.0123. The van der Waals surface area contributed by atoms with E-state index in [9.17, 15) is 27.9 Å². The monoisotopic (exact) mass is 556 g/mol. The molecule has 0 spiro atoms. The maximum atomic E-state index is 12.8. The zero-order chi connectivity index (χ0) is 28.9. The number of carboxylic acid groups (broad SMARTS) is 1. The van der Waals surface area contributed by atoms with Gasteiger partial charge in [0.25, 0.3) is 0 Å². The molecule has 10 heteroatoms. The zero-order valence-corrected chi connectivity index (χ0v) is 22.2. The van der Waals surface area contributed by atoms with Crippen molar-refractivity contribution in [2.24, 2.45) is 0 Å². The Bertz CT molecular complexity index is 1300. The number of halogens is 3. The van der Waals surface area contributed by atoms with Crippen LogP contribution in [0.2, 0.25) is 0 Å². The number of ether oxygens (including phenoxy) is 2. The molecule has 40 heavy (non-hydrogen) atoms. The number of carboxylic acids is 1. The number of carbonyl (C=O) groups excluding carboxylic acids is 1. The van der Waals surface area contributed by atoms with Crippen molar-refractivity contribution in [2.75, 3.05) is 20.2 Å². The van der Waals surface area contributed by atoms with Crippen LogP contribution in [0.4, 0.5) is 18.0 Å². The molecule has 3 aromatic rings. The lowest BCUT2D eigenvalue weighted by molar-refractivity contribution is -0.153. The average molecular weight is 557 g/mol. The molecule has 7 nitrogen and oxygen atoms in total. The van der Waals surface area contributed by atoms with Crippen molar-refractivity contribution in [1.82, 2.24) is 9.80 Å². The van der Waals surface area contributed by atoms with E-state index >= 15 is 0 Å². The summed E-state index contributed by atoms with van der Waals surface area (Å²) in [5, 5.41) is 9.79. The van der Waals surface area contributed by atoms with Crippen LogP contribution in [0.25, 0.3) is 0 Å². The minimum Gasteiger partial charge on any atom is -0.494 e. The predicted octanol–water partition coefficient (Wildman–Crippen LogP) is 5.88. The normalized spacial score (nSPS) is 17.0. The predicted molar refractivity (Wildman–Crippen MR) is 142 cm³/mol. The highest BCUT2D eigenvalue weighted by Gasteiger charge is 2.37. The van der Waals surface area contributed by atoms with Crippen molar-refractivity contribution in [2.45, 2.75) is 44.1 Å². The molecule has 0 aliphatic carbocycles. The minimum atomic E-state index is -4.40. The maximum Gasteiger partial charge on any atom is 0.416 e. The van der Waals surface area contributed by atoms with Crippen LogP contribution in [-0.4, -0.2) is 58.7 Å². The fraction of sp³-hybridized carbons (Fsp3) is 0.333. The Balaban J connectivity index is 1.27. The van der Waals surface area contributed by atoms with Crippen LogP contribution in [-0.2, 0) is 23.9 Å². The average Bonchev–Trinajstić information content (AvgIpc) is 3.17. The zero-order valence-electron chi connectivity index (χ0n) is 22.2. The first kappa shape index (κ1) is 28.8. The number of hydrogen-bond donors (Lipinski definition) is 1. The van der Waals surface area contributed by atoms with E-state index in [1.807, 2.05) is 6.07 Å². The van der Waals surface area contributed by atoms with Crippen LogP contribution in [0.3, 0.4) is 0 Å². The Morgan fingerprint density at radius 1 is 0.950 bits per heavy atom. The molecule has 0 saturated carbocycles. The number of nitrogens with zero attached hydrogens (tertiary/aromatic N) is 2. The molecule has 1 aliphatic rings. The van der Waals surface area contributed by atoms with Gasteiger partial charge in [0.05, 0.1) is 18.2 Å². The summed E-state index contributed by atoms with van der Waals surface area (Å²) in [6.07, 6.45) is -3.68. The Labute approximate surface area is 230 Å². The lowest BCUT2D eigenvalue weighted by Crippen LogP contribution is -2.43. The summed E-state index contributed by atoms with van der Waals surface area (Å²) in [5.41, 5.74) is -0.774. The third kappa shape index (κ3) is 7.05. The number of aliphatic carboxylic acids is 1. The van der Waals surface area contributed by atoms with Crippen molar-refractivity contribution < 1.29 is 37.3 Å². The number of hydrogen-bond acceptors (Lipinski definition) is 4. The highest BCUT2D eigenvalue weighted by Crippen LogP contribution is 2.30. The van der Waals surface area contributed by atoms with Crippen molar-refractivity contribution in [1.29, 1.82) is 0 Å². The molecular weight excluding hydrogens is 525 g/mol. The Morgan fingerprint density at radius 3 is 2.17 bits per heavy atom. The summed E-state index contributed by atoms with van der Waals surface area (Å²) >= 11 is 0. The van der Waals surface area contributed by atoms with E-state index in [4.69, 9.17) is 9.47 Å². The van der Waals surface area contributed by atoms with Gasteiger partial charge in [-0.05, 0) is 54.4 Å². The molecule has 1 saturated heterocycles. The van der Waals surface area contributed by atoms with Crippen molar-refractivity contribution in [3.8, 4) is 11.5 Å². The van der Waals surface area contributed by atoms with Gasteiger partial charge in [0, 0.05) is 33.0 Å². The highest BCUT2D eigenvalue weighted by atomic mass is 19.4. The molecule has 3 aromatic carbocycles. The van der Waals surface area contributed by atoms with Gasteiger partial charge >= 0.3 is 18.2 Å². The number of rotatable bonds is 11. The molecule has 212 valence electrons. The molecule has 1 N–H and O–H groups in total. The van der Waals surface area contributed by atoms with Crippen molar-refractivity contribution in [3.63, 3.8) is 0 Å². The van der Waals surface area contributed by atoms with Gasteiger partial charge in [0.15, 0.2) is 0 Å². The fourth-order valence-electron chi connectivity index (χ4n) is 4.58. The highest BCUT2D eigenvalue weighted by molar-refractivity contribution is 5.78. The lowest BCUT2D eigenvalue weighted by Gasteiger charge is -2.26. The Hall–Kier alpha value is -4.21. The number of urea groups is 1. The van der Waals surface area contributed by atoms with Crippen LogP contribution in [0.5, 0.6) is 11.5 Å². The summed E-state index contributed by atoms with van der Waals surface area (Å²) in [6.45, 7) is 2.55. The van der Waals surface area contributed by atoms with Gasteiger partial charge in [-0.3, -0.25) is 0 Å². The Morgan fingerprint density at radius 2 is 1.57 bits per heavy atom. The molecule has 1 heterocycles. The smallest absolute Gasteiger partial charge is 0.416 e. The first-order valence-electron chi connectivity index (χ1n) is 12.8. The van der Waals surface area contributed by atoms with E-state index in [-0.39, 0.29) is 25.0 Å². The number of likely N-dealkylation sites (N-methyl/N-ethyl adjacent to an activating group) is 1. The van der Waals surface area contributed by atoms with E-state index in [0.717, 1.165) is 17.7 Å². The second-order valence-corrected chi connectivity index (χ2v) is 10.0. The van der Waals surface area contributed by atoms with Gasteiger partial charge in [-0.15, -0.1) is 0 Å². The quantitative estimate of drug-likeness (QED) is 0.319. The largest absolute Gasteiger partial charge is 0.494 e. The third-order valence-corrected chi connectivity index (χ3v) is 6.93. The van der Waals surface area contributed by atoms with Crippen LogP contribution >= 0.6 is 0 Å². The molecule has 0 radical (unpaired) electrons. The lowest BCUT2D eigenvalue weighted by atomic mass is 9.96. The van der Waals surface area contributed by atoms with Gasteiger partial charge in [-0.25, -0.2) is 9.59 Å². The summed E-state index contributed by atoms with van der Waals surface area (Å²) < 4.78 is 50.1. The van der Waals surface area contributed by atoms with E-state index in [0.29, 0.717) is 36.6 Å². The second kappa shape index (κ2) is 11.9. The van der Waals surface area contributed by atoms with Crippen molar-refractivity contribution in [3.05, 3.63) is 95.6 Å². The van der Waals surface area contributed by atoms with Crippen LogP contribution in [0, 0.1) is 0 Å². The SMILES string of the molecule is CN1C(=O)N(Cc2ccc(C(F)(F)F)cc2)C[C@@H]1CCOc1ccc(C[C@](C)(Oc2ccccc2)C(=O)O)cc1. The van der Waals surface area contributed by atoms with Gasteiger partial charge in [0.1, 0.15) is 11.5 Å². The number of para-hydroxylation sites is 1. The molecule has 0 aromatic heterocycles. The molecular formula is C30H31F3N2O5. The van der Waals surface area contributed by atoms with Gasteiger partial charge in [-0.1, -0.05) is 42.5 Å². The van der Waals surface area contributed by atoms with E-state index in [1.165, 1.54) is 19.1 Å². The van der Waals surface area contributed by atoms with Crippen LogP contribution in [0.15, 0.2) is 78.9 Å². The molecule has 1 fully saturated rings. The van der Waals surface area contributed by atoms with Gasteiger partial charge in [-0.2, -0.15) is 13.2 Å². The molecule has 0 unspecified atom stereocenters. The molecule has 4 rings (SSSR count). The summed E-state index contributed by atoms with van der Waals surface area (Å²) in [4.78, 5) is 27.9. The minimum absolute atomic E-state index is 0.104. The van der Waals surface area contributed by atoms with Crippen molar-refractivity contribution >= 4 is 12.0 Å². The van der Waals surface area contributed by atoms with E-state index < -0.39 is 23.3 Å². The van der Waals surface area contributed by atoms with Crippen LogP contribution < -0.4 is 9.47 Å². The number of benzene rings is 3. The number of amides is 2. The fourth-order valence-corrected chi connectivity index (χ4v) is 4.58. The Kier molecular flexibility index (Phi) is 8.56. The van der Waals surface area contributed by atoms with Gasteiger partial charge < -0.3 is 24.4 Å². The molecule has 0 bridgehead atoms. The maximum absolute atomic E-state index is 12.8. The summed E-state index contributed by atoms with van der Waals surface area (Å²) in [6, 6.07) is 20.5. The second-order valence-electron chi connectivity index (χ2n) is 10.0. The first-order chi connectivity index (χ1) is 18.9. The van der Waals surface area contributed by atoms with E-state index in [2.05, 4.69) is 0 Å². The summed E-state index contributed by atoms with van der Waals surface area (Å²) in [7, 11) is 1.70. The standard InChI is InChI=1S/C30H31F3N2O5/c1-29(27(36)37,40-26-6-4-3-5-7-26)18-21-10-14-25(15-11-21)39-17-16-24-20-35(28(38)34(24)2)19-22-8-12-23(13-9-22)30(31,32)33/h3-15,24H,16-20H2,1-2H3,(H,36,37)/t24-,29-/m0/s1. The topological polar surface area (TPSA) is 79.3 Å². The van der Waals surface area contributed by atoms with Crippen LogP contribution in [0.1, 0.15) is 30.0 Å². The first-order valence-corrected chi connectivity index (χ1v) is 12.8. The number of carbonyl (C=O) groups is 2. The molecule has 2 amide bonds.